The highest BCUT2D eigenvalue weighted by Gasteiger charge is 2.46. The number of aliphatic hydroxyl groups is 3. The lowest BCUT2D eigenvalue weighted by atomic mass is 9.88. The molecule has 2 aromatic rings. The zero-order chi connectivity index (χ0) is 63.8. The third-order valence-electron chi connectivity index (χ3n) is 15.5. The van der Waals surface area contributed by atoms with Gasteiger partial charge in [0.05, 0.1) is 56.9 Å². The van der Waals surface area contributed by atoms with E-state index in [0.29, 0.717) is 17.0 Å². The molecule has 33 heteroatoms. The number of imide groups is 1. The first-order valence-electron chi connectivity index (χ1n) is 28.4. The van der Waals surface area contributed by atoms with E-state index >= 15 is 4.55 Å². The third-order valence-corrected chi connectivity index (χ3v) is 17.9. The number of thioether (sulfide) groups is 1. The molecule has 11 atom stereocenters. The molecule has 5 heterocycles. The number of aromatic nitrogens is 1. The number of ether oxygens (including phenoxy) is 1. The van der Waals surface area contributed by atoms with Gasteiger partial charge >= 0.3 is 5.97 Å². The van der Waals surface area contributed by atoms with Crippen LogP contribution in [0.3, 0.4) is 0 Å². The molecule has 1 aromatic carbocycles. The number of carbonyl (C=O) groups excluding carboxylic acids is 13. The molecule has 4 aliphatic rings. The number of fused-ring (bicyclic) bond motifs is 4. The first-order chi connectivity index (χ1) is 41.4. The second kappa shape index (κ2) is 31.9. The lowest BCUT2D eigenvalue weighted by Gasteiger charge is -2.32. The highest BCUT2D eigenvalue weighted by atomic mass is 32.2. The summed E-state index contributed by atoms with van der Waals surface area (Å²) < 4.78 is 21.2. The number of amides is 12. The number of nitrogens with zero attached hydrogens (tertiary/aromatic N) is 2. The minimum Gasteiger partial charge on any atom is -0.610 e. The van der Waals surface area contributed by atoms with Gasteiger partial charge in [-0.2, -0.15) is 11.8 Å². The predicted molar refractivity (Wildman–Crippen MR) is 307 cm³/mol. The predicted octanol–water partition coefficient (Wildman–Crippen LogP) is -4.68. The Labute approximate surface area is 506 Å². The summed E-state index contributed by atoms with van der Waals surface area (Å²) in [5.74, 6) is -15.6. The van der Waals surface area contributed by atoms with E-state index in [9.17, 15) is 77.6 Å². The first kappa shape index (κ1) is 68.5. The van der Waals surface area contributed by atoms with Crippen LogP contribution >= 0.6 is 11.8 Å². The normalized spacial score (nSPS) is 25.2. The van der Waals surface area contributed by atoms with E-state index in [1.807, 2.05) is 6.92 Å². The molecule has 2 bridgehead atoms. The van der Waals surface area contributed by atoms with E-state index in [1.165, 1.54) is 37.9 Å². The molecule has 0 saturated carbocycles. The number of hydrogen-bond donors (Lipinski definition) is 13. The van der Waals surface area contributed by atoms with Gasteiger partial charge in [0.1, 0.15) is 29.6 Å². The van der Waals surface area contributed by atoms with Gasteiger partial charge in [-0.3, -0.25) is 57.5 Å². The lowest BCUT2D eigenvalue weighted by molar-refractivity contribution is -0.197. The Morgan fingerprint density at radius 1 is 0.897 bits per heavy atom. The number of nitrogens with two attached hydrogens (primary N) is 1. The van der Waals surface area contributed by atoms with Gasteiger partial charge in [0, 0.05) is 109 Å². The standard InChI is InChI=1S/C54H76N12O19S2/c1-5-26(2)29-13-14-56-40(72)20-59-49(78)31-19-58-52(81)46(27(3)36(69)23-67)63-51(80)35-17-28(68)22-65(35)54(82)33(18-38(55)70)62-50(79)34(61-41(73)21-60-48(29)77)25-87(83)53-45(31)30-9-10-37(84-4)32(47(30)64-53)24-86-16-15-57-39(71)7-6-8-44(76)85-66-42(74)11-12-43(66)75/h9-10,26-29,31,33-36,46,64,67-69H,5-8,11-25H2,1-4H3,(H2,55,70)(H,56,72)(H,57,71)(H,58,81)(H,59,78)(H,60,77)(H,61,73)(H,62,79)(H,63,80)/t26-,27-,28+,29-,31+,33-,34+,35+,36-,46-,87?/m0/s1. The molecule has 6 rings (SSSR count). The number of nitrogens with one attached hydrogen (secondary N) is 9. The maximum atomic E-state index is 15.4. The number of carbonyl (C=O) groups is 13. The second-order valence-electron chi connectivity index (χ2n) is 21.6. The van der Waals surface area contributed by atoms with Crippen LogP contribution in [0.25, 0.3) is 10.9 Å². The minimum absolute atomic E-state index is 0.0421. The Morgan fingerprint density at radius 3 is 2.28 bits per heavy atom. The number of methoxy groups -OCH3 is 1. The molecule has 4 aliphatic heterocycles. The molecule has 2 saturated heterocycles. The van der Waals surface area contributed by atoms with Crippen LogP contribution in [0, 0.1) is 17.8 Å². The number of aromatic amines is 1. The second-order valence-corrected chi connectivity index (χ2v) is 24.1. The van der Waals surface area contributed by atoms with Crippen molar-refractivity contribution in [3.63, 3.8) is 0 Å². The zero-order valence-electron chi connectivity index (χ0n) is 48.5. The average molecular weight is 1260 g/mol. The first-order valence-corrected chi connectivity index (χ1v) is 30.9. The average Bonchev–Trinajstić information content (AvgIpc) is 1.68. The summed E-state index contributed by atoms with van der Waals surface area (Å²) in [5, 5.41) is 52.7. The molecular weight excluding hydrogens is 1180 g/mol. The Balaban J connectivity index is 1.43. The molecule has 0 spiro atoms. The molecule has 478 valence electrons. The van der Waals surface area contributed by atoms with E-state index in [1.54, 1.807) is 6.92 Å². The Kier molecular flexibility index (Phi) is 25.1. The Morgan fingerprint density at radius 2 is 1.60 bits per heavy atom. The van der Waals surface area contributed by atoms with Crippen LogP contribution in [-0.2, 0) is 84.1 Å². The summed E-state index contributed by atoms with van der Waals surface area (Å²) in [7, 11) is 1.37. The van der Waals surface area contributed by atoms with Gasteiger partial charge in [0.25, 0.3) is 11.8 Å². The van der Waals surface area contributed by atoms with Crippen molar-refractivity contribution in [2.24, 2.45) is 23.5 Å². The van der Waals surface area contributed by atoms with Gasteiger partial charge in [-0.15, -0.1) is 5.06 Å². The van der Waals surface area contributed by atoms with E-state index in [2.05, 4.69) is 47.5 Å². The quantitative estimate of drug-likeness (QED) is 0.0379. The number of H-pyrrole nitrogens is 1. The molecule has 87 heavy (non-hydrogen) atoms. The molecule has 14 N–H and O–H groups in total. The topological polar surface area (TPSA) is 469 Å². The molecule has 0 radical (unpaired) electrons. The van der Waals surface area contributed by atoms with Crippen molar-refractivity contribution in [1.82, 2.24) is 57.5 Å². The summed E-state index contributed by atoms with van der Waals surface area (Å²) in [6.45, 7) is 1.44. The van der Waals surface area contributed by atoms with Crippen LogP contribution in [0.15, 0.2) is 17.2 Å². The van der Waals surface area contributed by atoms with Crippen molar-refractivity contribution < 1.29 is 91.8 Å². The monoisotopic (exact) mass is 1260 g/mol. The number of benzene rings is 1. The van der Waals surface area contributed by atoms with E-state index in [4.69, 9.17) is 15.3 Å². The number of hydroxylamine groups is 2. The Hall–Kier alpha value is -7.59. The van der Waals surface area contributed by atoms with Gasteiger partial charge < -0.3 is 87.6 Å². The van der Waals surface area contributed by atoms with Crippen molar-refractivity contribution in [1.29, 1.82) is 0 Å². The van der Waals surface area contributed by atoms with E-state index in [-0.39, 0.29) is 96.3 Å². The number of rotatable bonds is 18. The lowest BCUT2D eigenvalue weighted by Crippen LogP contribution is -2.61. The zero-order valence-corrected chi connectivity index (χ0v) is 50.2. The van der Waals surface area contributed by atoms with Crippen LogP contribution in [0.5, 0.6) is 5.75 Å². The van der Waals surface area contributed by atoms with Crippen molar-refractivity contribution in [2.75, 3.05) is 64.5 Å². The van der Waals surface area contributed by atoms with Crippen LogP contribution in [0.2, 0.25) is 0 Å². The van der Waals surface area contributed by atoms with Gasteiger partial charge in [-0.05, 0) is 30.9 Å². The molecule has 12 amide bonds. The highest BCUT2D eigenvalue weighted by Crippen LogP contribution is 2.39. The molecule has 2 fully saturated rings. The fourth-order valence-electron chi connectivity index (χ4n) is 10.4. The summed E-state index contributed by atoms with van der Waals surface area (Å²) in [6, 6.07) is -4.12. The molecular formula is C54H76N12O19S2. The van der Waals surface area contributed by atoms with Crippen molar-refractivity contribution in [2.45, 2.75) is 132 Å². The number of aliphatic hydroxyl groups excluding tert-OH is 3. The molecule has 31 nitrogen and oxygen atoms in total. The number of hydrogen-bond acceptors (Lipinski definition) is 20. The number of primary amides is 1. The van der Waals surface area contributed by atoms with Crippen molar-refractivity contribution >= 4 is 111 Å². The molecule has 1 aromatic heterocycles. The maximum absolute atomic E-state index is 15.4. The minimum atomic E-state index is -2.57. The fraction of sp³-hybridized carbons (Fsp3) is 0.611. The van der Waals surface area contributed by atoms with Gasteiger partial charge in [0.15, 0.2) is 6.04 Å². The van der Waals surface area contributed by atoms with E-state index in [0.717, 1.165) is 4.90 Å². The summed E-state index contributed by atoms with van der Waals surface area (Å²) in [5.41, 5.74) is 6.11. The molecule has 0 aliphatic carbocycles. The van der Waals surface area contributed by atoms with Gasteiger partial charge in [-0.1, -0.05) is 27.2 Å². The van der Waals surface area contributed by atoms with Crippen LogP contribution in [0.1, 0.15) is 95.6 Å². The van der Waals surface area contributed by atoms with Crippen LogP contribution in [-0.4, -0.2) is 213 Å². The molecule has 1 unspecified atom stereocenters. The van der Waals surface area contributed by atoms with Gasteiger partial charge in [-0.25, -0.2) is 4.79 Å². The Bertz CT molecular complexity index is 2930. The van der Waals surface area contributed by atoms with E-state index < -0.39 is 194 Å². The third kappa shape index (κ3) is 18.0. The summed E-state index contributed by atoms with van der Waals surface area (Å²) >= 11 is -1.28. The van der Waals surface area contributed by atoms with Crippen molar-refractivity contribution in [3.05, 3.63) is 23.3 Å². The van der Waals surface area contributed by atoms with Crippen molar-refractivity contribution in [3.8, 4) is 5.75 Å². The SMILES string of the molecule is CC[C@H](C)[C@@H]1CCNC(=O)CNC(=O)[C@@H]2CNC(=O)[C@H]([C@@H](C)[C@@H](O)CO)NC(=O)[C@H]3C[C@@H](O)CN3C(=O)[C@H](CC(N)=O)NC(=O)[C@@H](C[S+]([O-])c3[nH]c4c(CSCCNC(=O)CCCC(=O)ON5C(=O)CCC5=O)c(OC)ccc4c32)NC(=O)CNC1=O. The summed E-state index contributed by atoms with van der Waals surface area (Å²) in [4.78, 5) is 184. The van der Waals surface area contributed by atoms with Crippen LogP contribution in [0.4, 0.5) is 0 Å². The maximum Gasteiger partial charge on any atom is 0.333 e. The van der Waals surface area contributed by atoms with Gasteiger partial charge in [0.2, 0.25) is 64.1 Å². The fourth-order valence-corrected chi connectivity index (χ4v) is 12.7. The highest BCUT2D eigenvalue weighted by molar-refractivity contribution is 7.98. The largest absolute Gasteiger partial charge is 0.610 e. The summed E-state index contributed by atoms with van der Waals surface area (Å²) in [6.07, 6.45) is -4.24. The van der Waals surface area contributed by atoms with Crippen LogP contribution < -0.4 is 53.0 Å². The smallest absolute Gasteiger partial charge is 0.333 e.